The largest absolute Gasteiger partial charge is 0.253 e. The van der Waals surface area contributed by atoms with Gasteiger partial charge in [-0.25, -0.2) is 0 Å². The number of halogens is 2. The molecule has 0 saturated carbocycles. The SMILES string of the molecule is [Cl][Pt][Cl].c1cscn1.c1cscn1. The first-order valence-corrected chi connectivity index (χ1v) is 10.4. The van der Waals surface area contributed by atoms with Crippen LogP contribution in [0.4, 0.5) is 0 Å². The van der Waals surface area contributed by atoms with Gasteiger partial charge in [0, 0.05) is 23.2 Å². The van der Waals surface area contributed by atoms with Crippen molar-refractivity contribution in [3.05, 3.63) is 34.2 Å². The molecule has 0 aromatic carbocycles. The fourth-order valence-electron chi connectivity index (χ4n) is 0.351. The maximum absolute atomic E-state index is 4.88. The number of hydrogen-bond acceptors (Lipinski definition) is 4. The minimum Gasteiger partial charge on any atom is -0.253 e. The predicted octanol–water partition coefficient (Wildman–Crippen LogP) is 3.66. The van der Waals surface area contributed by atoms with Crippen LogP contribution in [0.2, 0.25) is 0 Å². The quantitative estimate of drug-likeness (QED) is 0.630. The third kappa shape index (κ3) is 12.5. The van der Waals surface area contributed by atoms with Crippen LogP contribution in [0.25, 0.3) is 0 Å². The van der Waals surface area contributed by atoms with Crippen LogP contribution in [0.3, 0.4) is 0 Å². The maximum Gasteiger partial charge on any atom is 0.0791 e. The predicted molar refractivity (Wildman–Crippen MR) is 55.9 cm³/mol. The van der Waals surface area contributed by atoms with Crippen molar-refractivity contribution in [1.82, 2.24) is 9.97 Å². The van der Waals surface area contributed by atoms with Gasteiger partial charge in [0.15, 0.2) is 0 Å². The number of rotatable bonds is 0. The van der Waals surface area contributed by atoms with Crippen LogP contribution in [0, 0.1) is 0 Å². The third-order valence-electron chi connectivity index (χ3n) is 0.694. The first-order valence-electron chi connectivity index (χ1n) is 2.88. The molecule has 2 aromatic rings. The summed E-state index contributed by atoms with van der Waals surface area (Å²) < 4.78 is 0. The minimum absolute atomic E-state index is 0.472. The van der Waals surface area contributed by atoms with E-state index in [1.807, 2.05) is 10.8 Å². The van der Waals surface area contributed by atoms with Gasteiger partial charge in [0.1, 0.15) is 0 Å². The van der Waals surface area contributed by atoms with E-state index < -0.39 is 16.5 Å². The van der Waals surface area contributed by atoms with Crippen molar-refractivity contribution in [2.45, 2.75) is 0 Å². The zero-order chi connectivity index (χ0) is 9.78. The van der Waals surface area contributed by atoms with E-state index >= 15 is 0 Å². The van der Waals surface area contributed by atoms with E-state index in [0.717, 1.165) is 0 Å². The summed E-state index contributed by atoms with van der Waals surface area (Å²) in [7, 11) is 9.75. The summed E-state index contributed by atoms with van der Waals surface area (Å²) in [5, 5.41) is 3.86. The Morgan fingerprint density at radius 2 is 1.31 bits per heavy atom. The van der Waals surface area contributed by atoms with Crippen molar-refractivity contribution in [1.29, 1.82) is 0 Å². The van der Waals surface area contributed by atoms with Crippen LogP contribution in [-0.2, 0) is 16.5 Å². The van der Waals surface area contributed by atoms with E-state index in [1.165, 1.54) is 0 Å². The first-order chi connectivity index (χ1) is 6.41. The summed E-state index contributed by atoms with van der Waals surface area (Å²) >= 11 is 2.73. The van der Waals surface area contributed by atoms with Crippen molar-refractivity contribution >= 4 is 41.5 Å². The van der Waals surface area contributed by atoms with Gasteiger partial charge in [-0.15, -0.1) is 22.7 Å². The molecule has 0 amide bonds. The molecule has 0 N–H and O–H groups in total. The van der Waals surface area contributed by atoms with Gasteiger partial charge in [-0.3, -0.25) is 9.97 Å². The number of aromatic nitrogens is 2. The Kier molecular flexibility index (Phi) is 13.0. The van der Waals surface area contributed by atoms with Gasteiger partial charge < -0.3 is 0 Å². The Labute approximate surface area is 101 Å². The molecule has 0 saturated heterocycles. The molecule has 2 heterocycles. The minimum atomic E-state index is -0.472. The van der Waals surface area contributed by atoms with Crippen molar-refractivity contribution in [3.63, 3.8) is 0 Å². The zero-order valence-corrected chi connectivity index (χ0v) is 11.7. The van der Waals surface area contributed by atoms with E-state index in [9.17, 15) is 0 Å². The summed E-state index contributed by atoms with van der Waals surface area (Å²) in [5.41, 5.74) is 3.58. The molecule has 2 nitrogen and oxygen atoms in total. The Hall–Kier alpha value is 0.528. The van der Waals surface area contributed by atoms with Crippen LogP contribution < -0.4 is 0 Å². The molecule has 0 aliphatic heterocycles. The summed E-state index contributed by atoms with van der Waals surface area (Å²) in [6, 6.07) is 0. The fourth-order valence-corrected chi connectivity index (χ4v) is 1.05. The van der Waals surface area contributed by atoms with Crippen molar-refractivity contribution < 1.29 is 16.5 Å². The van der Waals surface area contributed by atoms with E-state index in [2.05, 4.69) is 9.97 Å². The molecule has 2 aromatic heterocycles. The molecule has 13 heavy (non-hydrogen) atoms. The van der Waals surface area contributed by atoms with Gasteiger partial charge in [0.2, 0.25) is 0 Å². The van der Waals surface area contributed by atoms with Gasteiger partial charge in [0.05, 0.1) is 11.0 Å². The summed E-state index contributed by atoms with van der Waals surface area (Å²) in [5.74, 6) is 0. The van der Waals surface area contributed by atoms with E-state index in [4.69, 9.17) is 18.8 Å². The van der Waals surface area contributed by atoms with Gasteiger partial charge in [-0.05, 0) is 0 Å². The number of nitrogens with zero attached hydrogens (tertiary/aromatic N) is 2. The van der Waals surface area contributed by atoms with Gasteiger partial charge in [-0.2, -0.15) is 0 Å². The molecule has 0 aliphatic rings. The molecule has 76 valence electrons. The topological polar surface area (TPSA) is 25.8 Å². The Morgan fingerprint density at radius 1 is 0.923 bits per heavy atom. The third-order valence-corrected chi connectivity index (χ3v) is 1.74. The van der Waals surface area contributed by atoms with Crippen LogP contribution in [0.15, 0.2) is 34.2 Å². The smallest absolute Gasteiger partial charge is 0.0791 e. The molecular formula is C6H6Cl2N2PtS2. The average molecular weight is 436 g/mol. The monoisotopic (exact) mass is 435 g/mol. The summed E-state index contributed by atoms with van der Waals surface area (Å²) in [4.78, 5) is 7.48. The van der Waals surface area contributed by atoms with Crippen LogP contribution in [-0.4, -0.2) is 9.97 Å². The van der Waals surface area contributed by atoms with E-state index in [-0.39, 0.29) is 0 Å². The van der Waals surface area contributed by atoms with Crippen molar-refractivity contribution in [2.24, 2.45) is 0 Å². The Balaban J connectivity index is 0.000000174. The summed E-state index contributed by atoms with van der Waals surface area (Å²) in [6.07, 6.45) is 3.54. The second-order valence-electron chi connectivity index (χ2n) is 1.40. The van der Waals surface area contributed by atoms with Crippen molar-refractivity contribution in [3.8, 4) is 0 Å². The van der Waals surface area contributed by atoms with Crippen LogP contribution in [0.5, 0.6) is 0 Å². The van der Waals surface area contributed by atoms with Gasteiger partial charge >= 0.3 is 35.3 Å². The molecule has 0 fully saturated rings. The summed E-state index contributed by atoms with van der Waals surface area (Å²) in [6.45, 7) is 0. The fraction of sp³-hybridized carbons (Fsp3) is 0. The molecule has 0 bridgehead atoms. The molecule has 0 aliphatic carbocycles. The standard InChI is InChI=1S/2C3H3NS.2ClH.Pt/c2*1-2-5-3-4-1;;;/h2*1-3H;2*1H;/q;;;;+2/p-2. The molecule has 7 heteroatoms. The second kappa shape index (κ2) is 12.5. The van der Waals surface area contributed by atoms with E-state index in [1.54, 1.807) is 46.1 Å². The average Bonchev–Trinajstić information content (AvgIpc) is 2.85. The Bertz CT molecular complexity index is 178. The second-order valence-corrected chi connectivity index (χ2v) is 6.19. The molecular weight excluding hydrogens is 430 g/mol. The van der Waals surface area contributed by atoms with E-state index in [0.29, 0.717) is 0 Å². The molecule has 0 atom stereocenters. The maximum atomic E-state index is 4.88. The molecule has 0 radical (unpaired) electrons. The molecule has 0 unspecified atom stereocenters. The first kappa shape index (κ1) is 13.5. The zero-order valence-electron chi connectivity index (χ0n) is 6.25. The number of hydrogen-bond donors (Lipinski definition) is 0. The van der Waals surface area contributed by atoms with Crippen LogP contribution >= 0.6 is 41.5 Å². The normalized spacial score (nSPS) is 7.85. The van der Waals surface area contributed by atoms with Crippen LogP contribution in [0.1, 0.15) is 0 Å². The molecule has 2 rings (SSSR count). The molecule has 0 spiro atoms. The Morgan fingerprint density at radius 3 is 1.38 bits per heavy atom. The van der Waals surface area contributed by atoms with Gasteiger partial charge in [-0.1, -0.05) is 0 Å². The van der Waals surface area contributed by atoms with Gasteiger partial charge in [0.25, 0.3) is 0 Å². The van der Waals surface area contributed by atoms with Crippen molar-refractivity contribution in [2.75, 3.05) is 0 Å². The number of thiazole rings is 2.